The first kappa shape index (κ1) is 18.8. The molecule has 0 aliphatic heterocycles. The van der Waals surface area contributed by atoms with Crippen LogP contribution in [0.5, 0.6) is 0 Å². The second-order valence-electron chi connectivity index (χ2n) is 5.80. The first-order chi connectivity index (χ1) is 8.90. The van der Waals surface area contributed by atoms with E-state index in [9.17, 15) is 10.4 Å². The highest BCUT2D eigenvalue weighted by Crippen LogP contribution is 2.16. The Balaban J connectivity index is 3.82. The van der Waals surface area contributed by atoms with Gasteiger partial charge in [-0.15, -0.1) is 0 Å². The maximum Gasteiger partial charge on any atom is 0.0581 e. The van der Waals surface area contributed by atoms with Crippen molar-refractivity contribution in [2.75, 3.05) is 19.7 Å². The molecule has 0 aromatic carbocycles. The molecule has 5 nitrogen and oxygen atoms in total. The molecule has 0 fully saturated rings. The molecule has 0 heterocycles. The van der Waals surface area contributed by atoms with Gasteiger partial charge in [0.15, 0.2) is 0 Å². The highest BCUT2D eigenvalue weighted by Gasteiger charge is 2.19. The number of aliphatic hydroxyl groups excluding tert-OH is 1. The number of nitrogens with zero attached hydrogens (tertiary/aromatic N) is 2. The van der Waals surface area contributed by atoms with Crippen LogP contribution in [0.3, 0.4) is 0 Å². The summed E-state index contributed by atoms with van der Waals surface area (Å²) in [6, 6.07) is 0.267. The lowest BCUT2D eigenvalue weighted by Crippen LogP contribution is -2.38. The number of rotatable bonds is 11. The molecule has 19 heavy (non-hydrogen) atoms. The van der Waals surface area contributed by atoms with Crippen molar-refractivity contribution >= 4 is 0 Å². The van der Waals surface area contributed by atoms with Gasteiger partial charge in [-0.25, -0.2) is 0 Å². The van der Waals surface area contributed by atoms with Gasteiger partial charge in [-0.05, 0) is 32.6 Å². The second kappa shape index (κ2) is 10.6. The lowest BCUT2D eigenvalue weighted by atomic mass is 9.97. The lowest BCUT2D eigenvalue weighted by molar-refractivity contribution is -0.146. The summed E-state index contributed by atoms with van der Waals surface area (Å²) in [5.74, 6) is 0.363. The number of aliphatic hydroxyl groups is 1. The SMILES string of the molecule is CC(C)C(CCCCCN(O)C(C)C)N(O)CCO. The van der Waals surface area contributed by atoms with Crippen molar-refractivity contribution in [3.05, 3.63) is 0 Å². The summed E-state index contributed by atoms with van der Waals surface area (Å²) in [7, 11) is 0. The fourth-order valence-electron chi connectivity index (χ4n) is 2.16. The van der Waals surface area contributed by atoms with Gasteiger partial charge < -0.3 is 15.5 Å². The highest BCUT2D eigenvalue weighted by molar-refractivity contribution is 4.69. The van der Waals surface area contributed by atoms with Gasteiger partial charge >= 0.3 is 0 Å². The summed E-state index contributed by atoms with van der Waals surface area (Å²) < 4.78 is 0. The van der Waals surface area contributed by atoms with Crippen LogP contribution in [0.15, 0.2) is 0 Å². The van der Waals surface area contributed by atoms with Crippen LogP contribution < -0.4 is 0 Å². The normalized spacial score (nSPS) is 14.1. The molecule has 1 atom stereocenters. The molecule has 0 saturated heterocycles. The Morgan fingerprint density at radius 3 is 1.95 bits per heavy atom. The van der Waals surface area contributed by atoms with Crippen LogP contribution in [-0.4, -0.2) is 57.4 Å². The summed E-state index contributed by atoms with van der Waals surface area (Å²) in [5, 5.41) is 30.8. The largest absolute Gasteiger partial charge is 0.395 e. The zero-order chi connectivity index (χ0) is 14.8. The van der Waals surface area contributed by atoms with Crippen molar-refractivity contribution in [2.45, 2.75) is 65.5 Å². The van der Waals surface area contributed by atoms with Gasteiger partial charge in [-0.3, -0.25) is 0 Å². The van der Waals surface area contributed by atoms with Gasteiger partial charge in [0, 0.05) is 25.2 Å². The topological polar surface area (TPSA) is 67.2 Å². The Morgan fingerprint density at radius 2 is 1.47 bits per heavy atom. The molecular weight excluding hydrogens is 244 g/mol. The molecule has 5 heteroatoms. The number of hydroxylamine groups is 4. The van der Waals surface area contributed by atoms with Gasteiger partial charge in [-0.1, -0.05) is 26.7 Å². The Bertz CT molecular complexity index is 213. The van der Waals surface area contributed by atoms with E-state index in [-0.39, 0.29) is 18.7 Å². The van der Waals surface area contributed by atoms with E-state index in [1.165, 1.54) is 10.1 Å². The van der Waals surface area contributed by atoms with E-state index in [1.807, 2.05) is 13.8 Å². The Labute approximate surface area is 117 Å². The molecule has 116 valence electrons. The Kier molecular flexibility index (Phi) is 10.5. The molecule has 0 aromatic heterocycles. The Morgan fingerprint density at radius 1 is 0.842 bits per heavy atom. The lowest BCUT2D eigenvalue weighted by Gasteiger charge is -2.29. The first-order valence-corrected chi connectivity index (χ1v) is 7.42. The average Bonchev–Trinajstić information content (AvgIpc) is 2.32. The van der Waals surface area contributed by atoms with Crippen LogP contribution >= 0.6 is 0 Å². The minimum Gasteiger partial charge on any atom is -0.395 e. The molecule has 0 amide bonds. The number of hydrogen-bond donors (Lipinski definition) is 3. The fraction of sp³-hybridized carbons (Fsp3) is 1.00. The third kappa shape index (κ3) is 8.55. The maximum atomic E-state index is 9.82. The van der Waals surface area contributed by atoms with Crippen LogP contribution in [0.1, 0.15) is 53.4 Å². The van der Waals surface area contributed by atoms with E-state index < -0.39 is 0 Å². The van der Waals surface area contributed by atoms with Crippen LogP contribution in [-0.2, 0) is 0 Å². The standard InChI is InChI=1S/C14H32N2O3/c1-12(2)14(16(19)10-11-17)8-6-5-7-9-15(18)13(3)4/h12-14,17-19H,5-11H2,1-4H3. The van der Waals surface area contributed by atoms with Crippen molar-refractivity contribution in [3.8, 4) is 0 Å². The predicted molar refractivity (Wildman–Crippen MR) is 76.3 cm³/mol. The van der Waals surface area contributed by atoms with E-state index in [0.29, 0.717) is 19.0 Å². The van der Waals surface area contributed by atoms with Crippen molar-refractivity contribution in [1.82, 2.24) is 10.1 Å². The zero-order valence-corrected chi connectivity index (χ0v) is 12.9. The number of hydrogen-bond acceptors (Lipinski definition) is 5. The average molecular weight is 276 g/mol. The van der Waals surface area contributed by atoms with Crippen molar-refractivity contribution in [3.63, 3.8) is 0 Å². The zero-order valence-electron chi connectivity index (χ0n) is 12.9. The molecule has 0 bridgehead atoms. The smallest absolute Gasteiger partial charge is 0.0581 e. The molecule has 0 rings (SSSR count). The monoisotopic (exact) mass is 276 g/mol. The highest BCUT2D eigenvalue weighted by atomic mass is 16.5. The predicted octanol–water partition coefficient (Wildman–Crippen LogP) is 2.35. The van der Waals surface area contributed by atoms with Gasteiger partial charge in [0.05, 0.1) is 6.61 Å². The van der Waals surface area contributed by atoms with Crippen molar-refractivity contribution in [1.29, 1.82) is 0 Å². The molecule has 3 N–H and O–H groups in total. The van der Waals surface area contributed by atoms with Crippen LogP contribution in [0.4, 0.5) is 0 Å². The van der Waals surface area contributed by atoms with Gasteiger partial charge in [-0.2, -0.15) is 10.1 Å². The molecule has 0 spiro atoms. The summed E-state index contributed by atoms with van der Waals surface area (Å²) in [6.45, 7) is 9.08. The van der Waals surface area contributed by atoms with Gasteiger partial charge in [0.1, 0.15) is 0 Å². The Hall–Kier alpha value is -0.200. The van der Waals surface area contributed by atoms with Crippen LogP contribution in [0, 0.1) is 5.92 Å². The third-order valence-corrected chi connectivity index (χ3v) is 3.46. The molecule has 0 aliphatic rings. The molecule has 0 radical (unpaired) electrons. The van der Waals surface area contributed by atoms with Crippen LogP contribution in [0.2, 0.25) is 0 Å². The fourth-order valence-corrected chi connectivity index (χ4v) is 2.16. The second-order valence-corrected chi connectivity index (χ2v) is 5.80. The molecule has 0 aliphatic carbocycles. The molecular formula is C14H32N2O3. The van der Waals surface area contributed by atoms with E-state index >= 15 is 0 Å². The van der Waals surface area contributed by atoms with E-state index in [4.69, 9.17) is 5.11 Å². The van der Waals surface area contributed by atoms with Gasteiger partial charge in [0.25, 0.3) is 0 Å². The molecule has 0 aromatic rings. The molecule has 0 saturated carbocycles. The first-order valence-electron chi connectivity index (χ1n) is 7.42. The van der Waals surface area contributed by atoms with E-state index in [2.05, 4.69) is 13.8 Å². The van der Waals surface area contributed by atoms with Gasteiger partial charge in [0.2, 0.25) is 0 Å². The third-order valence-electron chi connectivity index (χ3n) is 3.46. The van der Waals surface area contributed by atoms with Crippen molar-refractivity contribution < 1.29 is 15.5 Å². The maximum absolute atomic E-state index is 9.82. The summed E-state index contributed by atoms with van der Waals surface area (Å²) in [6.07, 6.45) is 3.95. The minimum atomic E-state index is -0.0203. The van der Waals surface area contributed by atoms with Crippen LogP contribution in [0.25, 0.3) is 0 Å². The van der Waals surface area contributed by atoms with E-state index in [1.54, 1.807) is 0 Å². The minimum absolute atomic E-state index is 0.0203. The molecule has 1 unspecified atom stereocenters. The summed E-state index contributed by atoms with van der Waals surface area (Å²) in [5.41, 5.74) is 0. The summed E-state index contributed by atoms with van der Waals surface area (Å²) >= 11 is 0. The summed E-state index contributed by atoms with van der Waals surface area (Å²) in [4.78, 5) is 0. The number of unbranched alkanes of at least 4 members (excludes halogenated alkanes) is 2. The van der Waals surface area contributed by atoms with Crippen molar-refractivity contribution in [2.24, 2.45) is 5.92 Å². The van der Waals surface area contributed by atoms with E-state index in [0.717, 1.165) is 25.7 Å². The quantitative estimate of drug-likeness (QED) is 0.399.